The average Bonchev–Trinajstić information content (AvgIpc) is 2.82. The van der Waals surface area contributed by atoms with Crippen molar-refractivity contribution in [3.63, 3.8) is 0 Å². The highest BCUT2D eigenvalue weighted by Crippen LogP contribution is 2.33. The molecule has 0 aromatic rings. The predicted molar refractivity (Wildman–Crippen MR) is 69.3 cm³/mol. The van der Waals surface area contributed by atoms with Crippen molar-refractivity contribution in [3.8, 4) is 0 Å². The number of ether oxygens (including phenoxy) is 1. The monoisotopic (exact) mass is 252 g/mol. The van der Waals surface area contributed by atoms with E-state index in [0.29, 0.717) is 25.2 Å². The second kappa shape index (κ2) is 5.17. The lowest BCUT2D eigenvalue weighted by atomic mass is 9.85. The molecule has 2 heterocycles. The third-order valence-corrected chi connectivity index (χ3v) is 4.81. The molecule has 0 aromatic carbocycles. The van der Waals surface area contributed by atoms with Crippen LogP contribution in [0, 0.1) is 5.92 Å². The maximum Gasteiger partial charge on any atom is 0.240 e. The van der Waals surface area contributed by atoms with Crippen LogP contribution in [0.4, 0.5) is 0 Å². The first kappa shape index (κ1) is 12.4. The molecule has 0 spiro atoms. The summed E-state index contributed by atoms with van der Waals surface area (Å²) in [7, 11) is 0. The molecule has 3 rings (SSSR count). The summed E-state index contributed by atoms with van der Waals surface area (Å²) in [6.45, 7) is 4.22. The average molecular weight is 252 g/mol. The van der Waals surface area contributed by atoms with Crippen LogP contribution in [0.3, 0.4) is 0 Å². The highest BCUT2D eigenvalue weighted by atomic mass is 16.5. The van der Waals surface area contributed by atoms with Gasteiger partial charge in [0.1, 0.15) is 0 Å². The van der Waals surface area contributed by atoms with Crippen LogP contribution in [-0.4, -0.2) is 48.7 Å². The zero-order valence-corrected chi connectivity index (χ0v) is 11.2. The van der Waals surface area contributed by atoms with E-state index in [-0.39, 0.29) is 12.1 Å². The van der Waals surface area contributed by atoms with Crippen LogP contribution in [-0.2, 0) is 9.53 Å². The topological polar surface area (TPSA) is 41.6 Å². The summed E-state index contributed by atoms with van der Waals surface area (Å²) in [5.74, 6) is 1.05. The lowest BCUT2D eigenvalue weighted by molar-refractivity contribution is -0.141. The molecule has 18 heavy (non-hydrogen) atoms. The van der Waals surface area contributed by atoms with Gasteiger partial charge in [0.2, 0.25) is 5.91 Å². The normalized spacial score (nSPS) is 40.6. The zero-order chi connectivity index (χ0) is 12.5. The third kappa shape index (κ3) is 2.28. The number of nitrogens with one attached hydrogen (secondary N) is 1. The van der Waals surface area contributed by atoms with E-state index in [1.807, 2.05) is 4.90 Å². The minimum atomic E-state index is 0.0682. The molecule has 102 valence electrons. The molecule has 1 N–H and O–H groups in total. The molecule has 2 saturated heterocycles. The number of nitrogens with zero attached hydrogens (tertiary/aromatic N) is 1. The molecule has 4 nitrogen and oxygen atoms in total. The van der Waals surface area contributed by atoms with Crippen LogP contribution in [0.15, 0.2) is 0 Å². The Bertz CT molecular complexity index is 307. The van der Waals surface area contributed by atoms with E-state index >= 15 is 0 Å². The van der Waals surface area contributed by atoms with E-state index in [1.165, 1.54) is 25.7 Å². The lowest BCUT2D eigenvalue weighted by Gasteiger charge is -2.35. The second-order valence-electron chi connectivity index (χ2n) is 6.06. The molecule has 2 aliphatic heterocycles. The summed E-state index contributed by atoms with van der Waals surface area (Å²) in [5, 5.41) is 3.58. The van der Waals surface area contributed by atoms with E-state index in [2.05, 4.69) is 12.2 Å². The number of carbonyl (C=O) groups is 1. The van der Waals surface area contributed by atoms with Crippen LogP contribution in [0.5, 0.6) is 0 Å². The van der Waals surface area contributed by atoms with Gasteiger partial charge in [-0.05, 0) is 32.1 Å². The van der Waals surface area contributed by atoms with Gasteiger partial charge < -0.3 is 15.0 Å². The first-order chi connectivity index (χ1) is 8.75. The summed E-state index contributed by atoms with van der Waals surface area (Å²) >= 11 is 0. The molecular formula is C14H24N2O2. The third-order valence-electron chi connectivity index (χ3n) is 4.81. The molecule has 1 aliphatic carbocycles. The van der Waals surface area contributed by atoms with Crippen molar-refractivity contribution in [2.75, 3.05) is 19.8 Å². The predicted octanol–water partition coefficient (Wildman–Crippen LogP) is 1.15. The zero-order valence-electron chi connectivity index (χ0n) is 11.2. The van der Waals surface area contributed by atoms with Gasteiger partial charge in [-0.1, -0.05) is 12.8 Å². The smallest absolute Gasteiger partial charge is 0.240 e. The fourth-order valence-corrected chi connectivity index (χ4v) is 3.77. The van der Waals surface area contributed by atoms with E-state index in [4.69, 9.17) is 4.74 Å². The van der Waals surface area contributed by atoms with Crippen molar-refractivity contribution in [2.24, 2.45) is 5.92 Å². The molecule has 3 aliphatic rings. The molecular weight excluding hydrogens is 228 g/mol. The van der Waals surface area contributed by atoms with Gasteiger partial charge in [-0.15, -0.1) is 0 Å². The number of morpholine rings is 1. The van der Waals surface area contributed by atoms with E-state index in [0.717, 1.165) is 18.9 Å². The van der Waals surface area contributed by atoms with Gasteiger partial charge in [0.25, 0.3) is 0 Å². The van der Waals surface area contributed by atoms with Crippen LogP contribution in [0.25, 0.3) is 0 Å². The summed E-state index contributed by atoms with van der Waals surface area (Å²) in [6.07, 6.45) is 6.28. The number of hydrogen-bond acceptors (Lipinski definition) is 3. The Balaban J connectivity index is 1.62. The van der Waals surface area contributed by atoms with Gasteiger partial charge in [0.05, 0.1) is 25.3 Å². The second-order valence-corrected chi connectivity index (χ2v) is 6.06. The van der Waals surface area contributed by atoms with Gasteiger partial charge in [-0.2, -0.15) is 0 Å². The quantitative estimate of drug-likeness (QED) is 0.761. The van der Waals surface area contributed by atoms with Crippen molar-refractivity contribution in [3.05, 3.63) is 0 Å². The summed E-state index contributed by atoms with van der Waals surface area (Å²) in [6, 6.07) is 0.901. The fourth-order valence-electron chi connectivity index (χ4n) is 3.77. The molecule has 4 heteroatoms. The first-order valence-electron chi connectivity index (χ1n) is 7.40. The molecule has 0 aromatic heterocycles. The van der Waals surface area contributed by atoms with Gasteiger partial charge >= 0.3 is 0 Å². The SMILES string of the molecule is C[C@@H]1COCCN1C(=O)C1CC2CCCCC2N1. The first-order valence-corrected chi connectivity index (χ1v) is 7.40. The van der Waals surface area contributed by atoms with Crippen molar-refractivity contribution in [2.45, 2.75) is 57.2 Å². The molecule has 1 amide bonds. The van der Waals surface area contributed by atoms with Crippen LogP contribution in [0.1, 0.15) is 39.0 Å². The summed E-state index contributed by atoms with van der Waals surface area (Å²) in [5.41, 5.74) is 0. The number of fused-ring (bicyclic) bond motifs is 1. The Morgan fingerprint density at radius 3 is 2.94 bits per heavy atom. The summed E-state index contributed by atoms with van der Waals surface area (Å²) in [4.78, 5) is 14.6. The highest BCUT2D eigenvalue weighted by molar-refractivity contribution is 5.82. The molecule has 1 saturated carbocycles. The van der Waals surface area contributed by atoms with Gasteiger partial charge in [0.15, 0.2) is 0 Å². The molecule has 0 radical (unpaired) electrons. The minimum absolute atomic E-state index is 0.0682. The van der Waals surface area contributed by atoms with Gasteiger partial charge in [0, 0.05) is 12.6 Å². The Morgan fingerprint density at radius 2 is 2.17 bits per heavy atom. The van der Waals surface area contributed by atoms with Crippen LogP contribution < -0.4 is 5.32 Å². The molecule has 3 unspecified atom stereocenters. The van der Waals surface area contributed by atoms with Gasteiger partial charge in [-0.3, -0.25) is 4.79 Å². The Labute approximate surface area is 109 Å². The van der Waals surface area contributed by atoms with Crippen LogP contribution >= 0.6 is 0 Å². The number of hydrogen-bond donors (Lipinski definition) is 1. The minimum Gasteiger partial charge on any atom is -0.377 e. The summed E-state index contributed by atoms with van der Waals surface area (Å²) < 4.78 is 5.41. The van der Waals surface area contributed by atoms with Crippen molar-refractivity contribution in [1.29, 1.82) is 0 Å². The number of rotatable bonds is 1. The van der Waals surface area contributed by atoms with Crippen molar-refractivity contribution >= 4 is 5.91 Å². The van der Waals surface area contributed by atoms with Crippen molar-refractivity contribution < 1.29 is 9.53 Å². The standard InChI is InChI=1S/C14H24N2O2/c1-10-9-18-7-6-16(10)14(17)13-8-11-4-2-3-5-12(11)15-13/h10-13,15H,2-9H2,1H3/t10-,11?,12?,13?/m1/s1. The molecule has 3 fully saturated rings. The Kier molecular flexibility index (Phi) is 3.57. The largest absolute Gasteiger partial charge is 0.377 e. The van der Waals surface area contributed by atoms with Crippen molar-refractivity contribution in [1.82, 2.24) is 10.2 Å². The van der Waals surface area contributed by atoms with E-state index < -0.39 is 0 Å². The van der Waals surface area contributed by atoms with Crippen LogP contribution in [0.2, 0.25) is 0 Å². The maximum atomic E-state index is 12.6. The highest BCUT2D eigenvalue weighted by Gasteiger charge is 2.40. The lowest BCUT2D eigenvalue weighted by Crippen LogP contribution is -2.53. The van der Waals surface area contributed by atoms with E-state index in [1.54, 1.807) is 0 Å². The maximum absolute atomic E-state index is 12.6. The van der Waals surface area contributed by atoms with Gasteiger partial charge in [-0.25, -0.2) is 0 Å². The number of amides is 1. The molecule has 0 bridgehead atoms. The fraction of sp³-hybridized carbons (Fsp3) is 0.929. The van der Waals surface area contributed by atoms with E-state index in [9.17, 15) is 4.79 Å². The molecule has 4 atom stereocenters. The Hall–Kier alpha value is -0.610. The Morgan fingerprint density at radius 1 is 1.33 bits per heavy atom. The number of carbonyl (C=O) groups excluding carboxylic acids is 1.